The molecule has 1 aliphatic rings. The Labute approximate surface area is 131 Å². The van der Waals surface area contributed by atoms with Gasteiger partial charge in [-0.1, -0.05) is 40.9 Å². The number of Topliss-reactive ketones (excluding diaryl/α,β-unsaturated/α-hetero) is 1. The third-order valence-corrected chi connectivity index (χ3v) is 4.17. The zero-order valence-corrected chi connectivity index (χ0v) is 12.5. The fourth-order valence-electron chi connectivity index (χ4n) is 2.19. The van der Waals surface area contributed by atoms with Crippen LogP contribution in [0.3, 0.4) is 0 Å². The predicted molar refractivity (Wildman–Crippen MR) is 80.2 cm³/mol. The molecular weight excluding hydrogens is 319 g/mol. The first kappa shape index (κ1) is 13.7. The number of rotatable bonds is 1. The zero-order valence-electron chi connectivity index (χ0n) is 10.2. The van der Waals surface area contributed by atoms with Gasteiger partial charge in [-0.05, 0) is 35.9 Å². The van der Waals surface area contributed by atoms with Gasteiger partial charge in [0.05, 0.1) is 22.0 Å². The summed E-state index contributed by atoms with van der Waals surface area (Å²) in [6.07, 6.45) is -0.100. The molecule has 1 aliphatic heterocycles. The summed E-state index contributed by atoms with van der Waals surface area (Å²) in [5.74, 6) is 0.548. The Balaban J connectivity index is 1.97. The van der Waals surface area contributed by atoms with E-state index >= 15 is 0 Å². The lowest BCUT2D eigenvalue weighted by Gasteiger charge is -2.25. The predicted octanol–water partition coefficient (Wildman–Crippen LogP) is 5.35. The molecule has 0 amide bonds. The number of hydrogen-bond acceptors (Lipinski definition) is 2. The first-order valence-electron chi connectivity index (χ1n) is 5.99. The number of ether oxygens (including phenoxy) is 1. The van der Waals surface area contributed by atoms with E-state index in [4.69, 9.17) is 39.5 Å². The summed E-state index contributed by atoms with van der Waals surface area (Å²) >= 11 is 17.8. The number of ketones is 1. The maximum atomic E-state index is 12.2. The molecule has 1 unspecified atom stereocenters. The van der Waals surface area contributed by atoms with E-state index in [1.165, 1.54) is 0 Å². The van der Waals surface area contributed by atoms with Crippen molar-refractivity contribution in [2.45, 2.75) is 12.5 Å². The molecule has 0 saturated heterocycles. The highest BCUT2D eigenvalue weighted by molar-refractivity contribution is 6.42. The highest BCUT2D eigenvalue weighted by Crippen LogP contribution is 2.37. The topological polar surface area (TPSA) is 26.3 Å². The molecule has 2 aromatic rings. The van der Waals surface area contributed by atoms with Gasteiger partial charge in [-0.15, -0.1) is 0 Å². The highest BCUT2D eigenvalue weighted by atomic mass is 35.5. The molecular formula is C15H9Cl3O2. The van der Waals surface area contributed by atoms with Crippen molar-refractivity contribution in [2.75, 3.05) is 0 Å². The van der Waals surface area contributed by atoms with E-state index in [0.717, 1.165) is 5.56 Å². The van der Waals surface area contributed by atoms with Crippen molar-refractivity contribution in [2.24, 2.45) is 0 Å². The Morgan fingerprint density at radius 1 is 1.00 bits per heavy atom. The van der Waals surface area contributed by atoms with Crippen LogP contribution in [0, 0.1) is 0 Å². The Morgan fingerprint density at radius 2 is 1.80 bits per heavy atom. The molecule has 102 valence electrons. The third-order valence-electron chi connectivity index (χ3n) is 3.20. The van der Waals surface area contributed by atoms with Crippen LogP contribution in [0.5, 0.6) is 5.75 Å². The fourth-order valence-corrected chi connectivity index (χ4v) is 2.67. The molecule has 3 rings (SSSR count). The Bertz CT molecular complexity index is 698. The van der Waals surface area contributed by atoms with Gasteiger partial charge in [0.15, 0.2) is 5.78 Å². The first-order chi connectivity index (χ1) is 9.54. The lowest BCUT2D eigenvalue weighted by molar-refractivity contribution is 0.0850. The summed E-state index contributed by atoms with van der Waals surface area (Å²) in [5.41, 5.74) is 1.35. The van der Waals surface area contributed by atoms with Crippen molar-refractivity contribution in [1.29, 1.82) is 0 Å². The van der Waals surface area contributed by atoms with Crippen LogP contribution in [0.4, 0.5) is 0 Å². The van der Waals surface area contributed by atoms with Crippen molar-refractivity contribution in [3.63, 3.8) is 0 Å². The Morgan fingerprint density at radius 3 is 2.55 bits per heavy atom. The summed E-state index contributed by atoms with van der Waals surface area (Å²) in [6, 6.07) is 10.3. The second-order valence-corrected chi connectivity index (χ2v) is 5.80. The van der Waals surface area contributed by atoms with Crippen molar-refractivity contribution in [3.8, 4) is 5.75 Å². The van der Waals surface area contributed by atoms with Gasteiger partial charge in [0.2, 0.25) is 0 Å². The zero-order chi connectivity index (χ0) is 14.3. The molecule has 0 fully saturated rings. The lowest BCUT2D eigenvalue weighted by atomic mass is 9.96. The minimum Gasteiger partial charge on any atom is -0.484 e. The molecule has 0 aliphatic carbocycles. The number of hydrogen-bond donors (Lipinski definition) is 0. The average Bonchev–Trinajstić information content (AvgIpc) is 2.42. The number of carbonyl (C=O) groups excluding carboxylic acids is 1. The molecule has 0 aromatic heterocycles. The highest BCUT2D eigenvalue weighted by Gasteiger charge is 2.28. The largest absolute Gasteiger partial charge is 0.484 e. The van der Waals surface area contributed by atoms with Gasteiger partial charge < -0.3 is 4.74 Å². The van der Waals surface area contributed by atoms with Crippen LogP contribution in [0.1, 0.15) is 28.4 Å². The summed E-state index contributed by atoms with van der Waals surface area (Å²) in [4.78, 5) is 12.2. The second kappa shape index (κ2) is 5.28. The molecule has 0 saturated carbocycles. The summed E-state index contributed by atoms with van der Waals surface area (Å²) in [7, 11) is 0. The van der Waals surface area contributed by atoms with Crippen LogP contribution in [-0.4, -0.2) is 5.78 Å². The maximum absolute atomic E-state index is 12.2. The maximum Gasteiger partial charge on any atom is 0.170 e. The minimum atomic E-state index is -0.356. The lowest BCUT2D eigenvalue weighted by Crippen LogP contribution is -2.20. The van der Waals surface area contributed by atoms with E-state index < -0.39 is 0 Å². The Kier molecular flexibility index (Phi) is 3.63. The standard InChI is InChI=1S/C15H9Cl3O2/c16-9-2-4-14-10(6-9)13(19)7-15(20-14)8-1-3-11(17)12(18)5-8/h1-6,15H,7H2. The van der Waals surface area contributed by atoms with E-state index in [-0.39, 0.29) is 18.3 Å². The number of carbonyl (C=O) groups is 1. The fraction of sp³-hybridized carbons (Fsp3) is 0.133. The van der Waals surface area contributed by atoms with E-state index in [9.17, 15) is 4.79 Å². The molecule has 2 aromatic carbocycles. The molecule has 5 heteroatoms. The SMILES string of the molecule is O=C1CC(c2ccc(Cl)c(Cl)c2)Oc2ccc(Cl)cc21. The minimum absolute atomic E-state index is 0.00447. The quantitative estimate of drug-likeness (QED) is 0.705. The van der Waals surface area contributed by atoms with Crippen LogP contribution < -0.4 is 4.74 Å². The van der Waals surface area contributed by atoms with Gasteiger partial charge in [-0.25, -0.2) is 0 Å². The molecule has 1 atom stereocenters. The molecule has 0 radical (unpaired) electrons. The third kappa shape index (κ3) is 2.51. The van der Waals surface area contributed by atoms with Crippen molar-refractivity contribution in [3.05, 3.63) is 62.6 Å². The van der Waals surface area contributed by atoms with Crippen LogP contribution in [0.25, 0.3) is 0 Å². The Hall–Kier alpha value is -1.22. The molecule has 2 nitrogen and oxygen atoms in total. The van der Waals surface area contributed by atoms with Gasteiger partial charge in [0.25, 0.3) is 0 Å². The summed E-state index contributed by atoms with van der Waals surface area (Å²) < 4.78 is 5.86. The van der Waals surface area contributed by atoms with E-state index in [2.05, 4.69) is 0 Å². The molecule has 0 bridgehead atoms. The molecule has 1 heterocycles. The van der Waals surface area contributed by atoms with Crippen molar-refractivity contribution >= 4 is 40.6 Å². The normalized spacial score (nSPS) is 17.6. The van der Waals surface area contributed by atoms with Crippen molar-refractivity contribution < 1.29 is 9.53 Å². The van der Waals surface area contributed by atoms with Gasteiger partial charge >= 0.3 is 0 Å². The van der Waals surface area contributed by atoms with Gasteiger partial charge in [-0.2, -0.15) is 0 Å². The molecule has 20 heavy (non-hydrogen) atoms. The van der Waals surface area contributed by atoms with Crippen LogP contribution in [-0.2, 0) is 0 Å². The number of fused-ring (bicyclic) bond motifs is 1. The van der Waals surface area contributed by atoms with Gasteiger partial charge in [0.1, 0.15) is 11.9 Å². The summed E-state index contributed by atoms with van der Waals surface area (Å²) in [6.45, 7) is 0. The van der Waals surface area contributed by atoms with E-state index in [0.29, 0.717) is 26.4 Å². The number of benzene rings is 2. The van der Waals surface area contributed by atoms with Crippen molar-refractivity contribution in [1.82, 2.24) is 0 Å². The summed E-state index contributed by atoms with van der Waals surface area (Å²) in [5, 5.41) is 1.44. The number of halogens is 3. The van der Waals surface area contributed by atoms with E-state index in [1.807, 2.05) is 6.07 Å². The van der Waals surface area contributed by atoms with Crippen LogP contribution in [0.2, 0.25) is 15.1 Å². The monoisotopic (exact) mass is 326 g/mol. The van der Waals surface area contributed by atoms with Crippen LogP contribution in [0.15, 0.2) is 36.4 Å². The smallest absolute Gasteiger partial charge is 0.170 e. The van der Waals surface area contributed by atoms with Crippen LogP contribution >= 0.6 is 34.8 Å². The molecule has 0 N–H and O–H groups in total. The van der Waals surface area contributed by atoms with Gasteiger partial charge in [0, 0.05) is 5.02 Å². The van der Waals surface area contributed by atoms with Gasteiger partial charge in [-0.3, -0.25) is 4.79 Å². The van der Waals surface area contributed by atoms with E-state index in [1.54, 1.807) is 30.3 Å². The average molecular weight is 328 g/mol. The first-order valence-corrected chi connectivity index (χ1v) is 7.12. The molecule has 0 spiro atoms. The second-order valence-electron chi connectivity index (χ2n) is 4.55.